The van der Waals surface area contributed by atoms with E-state index in [1.807, 2.05) is 5.57 Å². The van der Waals surface area contributed by atoms with Crippen LogP contribution >= 0.6 is 0 Å². The Morgan fingerprint density at radius 3 is 2.71 bits per heavy atom. The third-order valence-corrected chi connectivity index (χ3v) is 8.24. The van der Waals surface area contributed by atoms with Gasteiger partial charge < -0.3 is 0 Å². The van der Waals surface area contributed by atoms with Crippen LogP contribution < -0.4 is 0 Å². The minimum atomic E-state index is 0.430. The standard InChI is InChI=1S/C21H32/c1-14-9-11-21(4)16(13-14)6-7-17-18-8-5-15(2)20(18,3)12-10-19(17)21/h10,14,16-18H,2,5-9,11-13H2,1,3-4H3/t14-,16?,17+,18+,20-,21+/m1/s1. The second-order valence-electron chi connectivity index (χ2n) is 9.21. The number of hydrogen-bond donors (Lipinski definition) is 0. The van der Waals surface area contributed by atoms with Gasteiger partial charge in [-0.15, -0.1) is 0 Å². The lowest BCUT2D eigenvalue weighted by Crippen LogP contribution is -2.46. The highest BCUT2D eigenvalue weighted by molar-refractivity contribution is 5.33. The van der Waals surface area contributed by atoms with Crippen molar-refractivity contribution in [3.05, 3.63) is 23.8 Å². The van der Waals surface area contributed by atoms with Crippen LogP contribution in [-0.4, -0.2) is 0 Å². The normalized spacial score (nSPS) is 52.7. The molecule has 0 aromatic carbocycles. The van der Waals surface area contributed by atoms with Crippen LogP contribution in [0.25, 0.3) is 0 Å². The molecule has 0 aromatic rings. The van der Waals surface area contributed by atoms with Gasteiger partial charge >= 0.3 is 0 Å². The van der Waals surface area contributed by atoms with Crippen molar-refractivity contribution in [2.24, 2.45) is 34.5 Å². The Morgan fingerprint density at radius 1 is 1.10 bits per heavy atom. The summed E-state index contributed by atoms with van der Waals surface area (Å²) in [5, 5.41) is 0. The summed E-state index contributed by atoms with van der Waals surface area (Å²) in [7, 11) is 0. The van der Waals surface area contributed by atoms with Gasteiger partial charge in [0, 0.05) is 0 Å². The molecule has 0 saturated heterocycles. The first-order valence-electron chi connectivity index (χ1n) is 9.34. The Labute approximate surface area is 131 Å². The van der Waals surface area contributed by atoms with E-state index >= 15 is 0 Å². The van der Waals surface area contributed by atoms with E-state index in [1.165, 1.54) is 51.4 Å². The predicted octanol–water partition coefficient (Wildman–Crippen LogP) is 6.14. The monoisotopic (exact) mass is 284 g/mol. The summed E-state index contributed by atoms with van der Waals surface area (Å²) in [6.45, 7) is 12.0. The molecule has 4 aliphatic carbocycles. The molecule has 0 nitrogen and oxygen atoms in total. The lowest BCUT2D eigenvalue weighted by atomic mass is 9.48. The number of allylic oxidation sites excluding steroid dienone is 3. The van der Waals surface area contributed by atoms with Gasteiger partial charge in [-0.1, -0.05) is 44.6 Å². The average molecular weight is 284 g/mol. The van der Waals surface area contributed by atoms with E-state index < -0.39 is 0 Å². The Balaban J connectivity index is 1.71. The van der Waals surface area contributed by atoms with Crippen molar-refractivity contribution in [1.82, 2.24) is 0 Å². The molecule has 0 radical (unpaired) electrons. The fraction of sp³-hybridized carbons (Fsp3) is 0.810. The van der Waals surface area contributed by atoms with E-state index in [0.29, 0.717) is 10.8 Å². The van der Waals surface area contributed by atoms with Crippen molar-refractivity contribution >= 4 is 0 Å². The van der Waals surface area contributed by atoms with E-state index in [9.17, 15) is 0 Å². The first-order chi connectivity index (χ1) is 9.95. The van der Waals surface area contributed by atoms with Crippen LogP contribution in [0.4, 0.5) is 0 Å². The van der Waals surface area contributed by atoms with Crippen molar-refractivity contribution in [3.8, 4) is 0 Å². The van der Waals surface area contributed by atoms with Gasteiger partial charge in [0.05, 0.1) is 0 Å². The summed E-state index contributed by atoms with van der Waals surface area (Å²) in [6.07, 6.45) is 14.0. The number of fused-ring (bicyclic) bond motifs is 5. The topological polar surface area (TPSA) is 0 Å². The molecular formula is C21H32. The second kappa shape index (κ2) is 4.49. The van der Waals surface area contributed by atoms with Gasteiger partial charge in [0.2, 0.25) is 0 Å². The van der Waals surface area contributed by atoms with Crippen molar-refractivity contribution in [1.29, 1.82) is 0 Å². The van der Waals surface area contributed by atoms with E-state index in [-0.39, 0.29) is 0 Å². The molecule has 3 saturated carbocycles. The highest BCUT2D eigenvalue weighted by atomic mass is 14.6. The summed E-state index contributed by atoms with van der Waals surface area (Å²) in [6, 6.07) is 0. The molecule has 116 valence electrons. The summed E-state index contributed by atoms with van der Waals surface area (Å²) in [4.78, 5) is 0. The molecule has 0 aliphatic heterocycles. The number of rotatable bonds is 0. The fourth-order valence-corrected chi connectivity index (χ4v) is 6.65. The molecular weight excluding hydrogens is 252 g/mol. The highest BCUT2D eigenvalue weighted by Crippen LogP contribution is 2.65. The maximum Gasteiger partial charge on any atom is -0.00505 e. The van der Waals surface area contributed by atoms with Crippen LogP contribution in [-0.2, 0) is 0 Å². The Morgan fingerprint density at radius 2 is 1.90 bits per heavy atom. The molecule has 0 bridgehead atoms. The quantitative estimate of drug-likeness (QED) is 0.469. The van der Waals surface area contributed by atoms with Gasteiger partial charge in [-0.25, -0.2) is 0 Å². The van der Waals surface area contributed by atoms with Crippen molar-refractivity contribution in [2.75, 3.05) is 0 Å². The summed E-state index contributed by atoms with van der Waals surface area (Å²) in [5.74, 6) is 3.72. The van der Waals surface area contributed by atoms with Crippen LogP contribution in [0.2, 0.25) is 0 Å². The molecule has 4 rings (SSSR count). The van der Waals surface area contributed by atoms with Gasteiger partial charge in [0.25, 0.3) is 0 Å². The number of hydrogen-bond acceptors (Lipinski definition) is 0. The van der Waals surface area contributed by atoms with Crippen LogP contribution in [0.3, 0.4) is 0 Å². The molecule has 0 heterocycles. The molecule has 21 heavy (non-hydrogen) atoms. The van der Waals surface area contributed by atoms with E-state index in [0.717, 1.165) is 23.7 Å². The average Bonchev–Trinajstić information content (AvgIpc) is 2.76. The minimum absolute atomic E-state index is 0.430. The Bertz CT molecular complexity index is 498. The first-order valence-corrected chi connectivity index (χ1v) is 9.34. The molecule has 0 amide bonds. The largest absolute Gasteiger partial charge is 0.0993 e. The zero-order valence-electron chi connectivity index (χ0n) is 14.3. The van der Waals surface area contributed by atoms with Crippen LogP contribution in [0.5, 0.6) is 0 Å². The molecule has 0 aromatic heterocycles. The van der Waals surface area contributed by atoms with Crippen molar-refractivity contribution in [2.45, 2.75) is 72.1 Å². The van der Waals surface area contributed by atoms with Gasteiger partial charge in [0.15, 0.2) is 0 Å². The van der Waals surface area contributed by atoms with Crippen molar-refractivity contribution < 1.29 is 0 Å². The molecule has 6 atom stereocenters. The Kier molecular flexibility index (Phi) is 3.02. The lowest BCUT2D eigenvalue weighted by Gasteiger charge is -2.56. The maximum atomic E-state index is 4.43. The summed E-state index contributed by atoms with van der Waals surface area (Å²) in [5.41, 5.74) is 4.41. The summed E-state index contributed by atoms with van der Waals surface area (Å²) >= 11 is 0. The Hall–Kier alpha value is -0.520. The smallest absolute Gasteiger partial charge is 0.00505 e. The zero-order valence-corrected chi connectivity index (χ0v) is 14.3. The highest BCUT2D eigenvalue weighted by Gasteiger charge is 2.55. The molecule has 0 spiro atoms. The van der Waals surface area contributed by atoms with Gasteiger partial charge in [-0.05, 0) is 85.9 Å². The third kappa shape index (κ3) is 1.80. The van der Waals surface area contributed by atoms with Crippen LogP contribution in [0, 0.1) is 34.5 Å². The van der Waals surface area contributed by atoms with Crippen LogP contribution in [0.15, 0.2) is 23.8 Å². The second-order valence-corrected chi connectivity index (χ2v) is 9.21. The molecule has 1 unspecified atom stereocenters. The van der Waals surface area contributed by atoms with Crippen LogP contribution in [0.1, 0.15) is 72.1 Å². The molecule has 3 fully saturated rings. The lowest BCUT2D eigenvalue weighted by molar-refractivity contribution is 0.0353. The molecule has 0 N–H and O–H groups in total. The summed E-state index contributed by atoms with van der Waals surface area (Å²) < 4.78 is 0. The fourth-order valence-electron chi connectivity index (χ4n) is 6.65. The van der Waals surface area contributed by atoms with Gasteiger partial charge in [0.1, 0.15) is 0 Å². The predicted molar refractivity (Wildman–Crippen MR) is 90.0 cm³/mol. The van der Waals surface area contributed by atoms with Gasteiger partial charge in [-0.2, -0.15) is 0 Å². The maximum absolute atomic E-state index is 4.43. The molecule has 0 heteroatoms. The van der Waals surface area contributed by atoms with Crippen molar-refractivity contribution in [3.63, 3.8) is 0 Å². The first kappa shape index (κ1) is 14.1. The third-order valence-electron chi connectivity index (χ3n) is 8.24. The SMILES string of the molecule is C=C1CC[C@H]2[C@@H]3CCC4C[C@H](C)CC[C@]4(C)C3=CC[C@]12C. The molecule has 4 aliphatic rings. The van der Waals surface area contributed by atoms with E-state index in [1.54, 1.807) is 5.57 Å². The zero-order chi connectivity index (χ0) is 14.8. The van der Waals surface area contributed by atoms with E-state index in [4.69, 9.17) is 0 Å². The minimum Gasteiger partial charge on any atom is -0.0993 e. The van der Waals surface area contributed by atoms with E-state index in [2.05, 4.69) is 33.4 Å². The van der Waals surface area contributed by atoms with Gasteiger partial charge in [-0.3, -0.25) is 0 Å².